The topological polar surface area (TPSA) is 60.4 Å². The van der Waals surface area contributed by atoms with Gasteiger partial charge in [-0.3, -0.25) is 0 Å². The smallest absolute Gasteiger partial charge is 0.547 e. The van der Waals surface area contributed by atoms with Crippen LogP contribution in [0.5, 0.6) is 0 Å². The molecule has 0 aromatic heterocycles. The van der Waals surface area contributed by atoms with Crippen molar-refractivity contribution in [3.8, 4) is 0 Å². The number of aliphatic hydroxyl groups is 1. The van der Waals surface area contributed by atoms with Gasteiger partial charge >= 0.3 is 36.2 Å². The molecule has 23 heavy (non-hydrogen) atoms. The SMILES string of the molecule is CCCCCCCCCCCCCCCCC(O)C(=O)[O-].[Al+3].[Li+]. The normalized spacial score (nSPS) is 11.4. The summed E-state index contributed by atoms with van der Waals surface area (Å²) in [5.41, 5.74) is 0. The van der Waals surface area contributed by atoms with Crippen LogP contribution in [0.2, 0.25) is 0 Å². The average Bonchev–Trinajstić information content (AvgIpc) is 2.47. The molecule has 0 saturated carbocycles. The molecule has 5 heteroatoms. The Kier molecular flexibility index (Phi) is 27.8. The minimum Gasteiger partial charge on any atom is -0.547 e. The number of rotatable bonds is 16. The van der Waals surface area contributed by atoms with Crippen molar-refractivity contribution >= 4 is 23.3 Å². The first-order valence-electron chi connectivity index (χ1n) is 9.07. The zero-order chi connectivity index (χ0) is 15.8. The van der Waals surface area contributed by atoms with Gasteiger partial charge in [0.15, 0.2) is 0 Å². The molecule has 0 fully saturated rings. The molecule has 0 heterocycles. The molecule has 0 bridgehead atoms. The van der Waals surface area contributed by atoms with Gasteiger partial charge in [-0.15, -0.1) is 0 Å². The molecule has 0 rings (SSSR count). The first-order chi connectivity index (χ1) is 10.2. The number of carboxylic acids is 1. The molecule has 0 spiro atoms. The molecular formula is C18H35AlLiO3+3. The molecule has 0 saturated heterocycles. The molecule has 3 nitrogen and oxygen atoms in total. The Morgan fingerprint density at radius 2 is 1.09 bits per heavy atom. The Bertz CT molecular complexity index is 240. The van der Waals surface area contributed by atoms with E-state index in [1.54, 1.807) is 0 Å². The van der Waals surface area contributed by atoms with E-state index in [0.29, 0.717) is 6.42 Å². The number of unbranched alkanes of at least 4 members (excludes halogenated alkanes) is 13. The quantitative estimate of drug-likeness (QED) is 0.332. The van der Waals surface area contributed by atoms with E-state index in [-0.39, 0.29) is 36.2 Å². The Hall–Kier alpha value is 0.560. The largest absolute Gasteiger partial charge is 3.00 e. The van der Waals surface area contributed by atoms with Crippen LogP contribution in [0, 0.1) is 0 Å². The first kappa shape index (κ1) is 28.4. The van der Waals surface area contributed by atoms with Gasteiger partial charge in [-0.2, -0.15) is 0 Å². The van der Waals surface area contributed by atoms with Gasteiger partial charge in [0.05, 0.1) is 12.1 Å². The van der Waals surface area contributed by atoms with Gasteiger partial charge in [0.25, 0.3) is 0 Å². The third-order valence-electron chi connectivity index (χ3n) is 4.10. The van der Waals surface area contributed by atoms with Crippen LogP contribution in [-0.4, -0.2) is 34.5 Å². The van der Waals surface area contributed by atoms with Crippen molar-refractivity contribution in [1.29, 1.82) is 0 Å². The van der Waals surface area contributed by atoms with Crippen LogP contribution in [-0.2, 0) is 4.79 Å². The molecule has 0 aliphatic heterocycles. The maximum Gasteiger partial charge on any atom is 3.00 e. The fourth-order valence-corrected chi connectivity index (χ4v) is 2.65. The second-order valence-corrected chi connectivity index (χ2v) is 6.22. The summed E-state index contributed by atoms with van der Waals surface area (Å²) in [6.07, 6.45) is 16.9. The van der Waals surface area contributed by atoms with Gasteiger partial charge in [0.2, 0.25) is 0 Å². The summed E-state index contributed by atoms with van der Waals surface area (Å²) in [5.74, 6) is -1.34. The molecule has 0 aliphatic rings. The van der Waals surface area contributed by atoms with Crippen molar-refractivity contribution in [3.05, 3.63) is 0 Å². The minimum absolute atomic E-state index is 0. The van der Waals surface area contributed by atoms with E-state index in [2.05, 4.69) is 6.92 Å². The number of hydrogen-bond acceptors (Lipinski definition) is 3. The fraction of sp³-hybridized carbons (Fsp3) is 0.944. The maximum absolute atomic E-state index is 10.3. The zero-order valence-electron chi connectivity index (χ0n) is 15.5. The molecule has 0 aliphatic carbocycles. The van der Waals surface area contributed by atoms with Crippen molar-refractivity contribution in [2.45, 2.75) is 109 Å². The summed E-state index contributed by atoms with van der Waals surface area (Å²) in [6, 6.07) is 0. The van der Waals surface area contributed by atoms with Crippen LogP contribution in [0.4, 0.5) is 0 Å². The molecule has 0 amide bonds. The summed E-state index contributed by atoms with van der Waals surface area (Å²) < 4.78 is 0. The van der Waals surface area contributed by atoms with Crippen LogP contribution >= 0.6 is 0 Å². The third-order valence-corrected chi connectivity index (χ3v) is 4.10. The number of carbonyl (C=O) groups is 1. The monoisotopic (exact) mass is 333 g/mol. The van der Waals surface area contributed by atoms with Crippen molar-refractivity contribution in [2.24, 2.45) is 0 Å². The van der Waals surface area contributed by atoms with Gasteiger partial charge in [-0.05, 0) is 6.42 Å². The second-order valence-electron chi connectivity index (χ2n) is 6.22. The average molecular weight is 333 g/mol. The molecule has 1 atom stereocenters. The van der Waals surface area contributed by atoms with Gasteiger partial charge in [-0.25, -0.2) is 0 Å². The van der Waals surface area contributed by atoms with Crippen LogP contribution in [0.3, 0.4) is 0 Å². The van der Waals surface area contributed by atoms with Crippen LogP contribution < -0.4 is 24.0 Å². The van der Waals surface area contributed by atoms with Gasteiger partial charge in [0, 0.05) is 0 Å². The Labute approximate surface area is 166 Å². The maximum atomic E-state index is 10.3. The van der Waals surface area contributed by atoms with Gasteiger partial charge in [-0.1, -0.05) is 96.8 Å². The van der Waals surface area contributed by atoms with Gasteiger partial charge < -0.3 is 15.0 Å². The van der Waals surface area contributed by atoms with E-state index in [0.717, 1.165) is 19.3 Å². The molecular weight excluding hydrogens is 298 g/mol. The van der Waals surface area contributed by atoms with E-state index in [9.17, 15) is 9.90 Å². The van der Waals surface area contributed by atoms with Crippen molar-refractivity contribution in [1.82, 2.24) is 0 Å². The minimum atomic E-state index is -1.34. The van der Waals surface area contributed by atoms with Crippen LogP contribution in [0.25, 0.3) is 0 Å². The summed E-state index contributed by atoms with van der Waals surface area (Å²) in [7, 11) is 0. The van der Waals surface area contributed by atoms with Crippen molar-refractivity contribution in [2.75, 3.05) is 0 Å². The molecule has 126 valence electrons. The summed E-state index contributed by atoms with van der Waals surface area (Å²) >= 11 is 0. The molecule has 1 unspecified atom stereocenters. The molecule has 1 N–H and O–H groups in total. The zero-order valence-corrected chi connectivity index (χ0v) is 16.7. The fourth-order valence-electron chi connectivity index (χ4n) is 2.65. The number of aliphatic hydroxyl groups excluding tert-OH is 1. The van der Waals surface area contributed by atoms with Crippen molar-refractivity contribution in [3.63, 3.8) is 0 Å². The predicted molar refractivity (Wildman–Crippen MR) is 91.7 cm³/mol. The third kappa shape index (κ3) is 22.6. The number of carboxylic acid groups (broad SMARTS) is 1. The predicted octanol–water partition coefficient (Wildman–Crippen LogP) is 0.592. The second kappa shape index (κ2) is 22.6. The Balaban J connectivity index is -0.00000200. The Morgan fingerprint density at radius 3 is 1.39 bits per heavy atom. The van der Waals surface area contributed by atoms with E-state index < -0.39 is 12.1 Å². The summed E-state index contributed by atoms with van der Waals surface area (Å²) in [5, 5.41) is 19.4. The van der Waals surface area contributed by atoms with E-state index in [1.807, 2.05) is 0 Å². The van der Waals surface area contributed by atoms with Gasteiger partial charge in [0.1, 0.15) is 0 Å². The van der Waals surface area contributed by atoms with E-state index in [1.165, 1.54) is 70.6 Å². The summed E-state index contributed by atoms with van der Waals surface area (Å²) in [4.78, 5) is 10.3. The Morgan fingerprint density at radius 1 is 0.783 bits per heavy atom. The van der Waals surface area contributed by atoms with E-state index >= 15 is 0 Å². The van der Waals surface area contributed by atoms with Crippen LogP contribution in [0.15, 0.2) is 0 Å². The van der Waals surface area contributed by atoms with Crippen molar-refractivity contribution < 1.29 is 33.9 Å². The molecule has 0 radical (unpaired) electrons. The molecule has 0 aromatic rings. The number of carbonyl (C=O) groups excluding carboxylic acids is 1. The summed E-state index contributed by atoms with van der Waals surface area (Å²) in [6.45, 7) is 2.26. The van der Waals surface area contributed by atoms with Crippen LogP contribution in [0.1, 0.15) is 103 Å². The standard InChI is InChI=1S/C18H36O3.Al.Li/c1-2-3-4-5-6-7-8-9-10-11-12-13-14-15-16-17(19)18(20)21;;/h17,19H,2-16H2,1H3,(H,20,21);;/q;+3;+1/p-1. The first-order valence-corrected chi connectivity index (χ1v) is 9.07. The van der Waals surface area contributed by atoms with E-state index in [4.69, 9.17) is 5.11 Å². The number of aliphatic carboxylic acids is 1. The molecule has 0 aromatic carbocycles. The number of hydrogen-bond donors (Lipinski definition) is 1.